The van der Waals surface area contributed by atoms with Gasteiger partial charge in [0.15, 0.2) is 0 Å². The molecular weight excluding hydrogens is 428 g/mol. The lowest BCUT2D eigenvalue weighted by molar-refractivity contribution is -0.128. The number of benzene rings is 2. The highest BCUT2D eigenvalue weighted by atomic mass is 16.5. The van der Waals surface area contributed by atoms with Gasteiger partial charge >= 0.3 is 0 Å². The summed E-state index contributed by atoms with van der Waals surface area (Å²) in [5, 5.41) is 7.46. The number of rotatable bonds is 5. The first-order valence-electron chi connectivity index (χ1n) is 12.1. The van der Waals surface area contributed by atoms with Crippen LogP contribution in [0.1, 0.15) is 56.2 Å². The van der Waals surface area contributed by atoms with Crippen molar-refractivity contribution >= 4 is 5.91 Å². The number of amides is 1. The highest BCUT2D eigenvalue weighted by Gasteiger charge is 2.36. The summed E-state index contributed by atoms with van der Waals surface area (Å²) in [6.07, 6.45) is 2.60. The van der Waals surface area contributed by atoms with Gasteiger partial charge in [-0.1, -0.05) is 53.2 Å². The number of hydrogen-bond donors (Lipinski definition) is 1. The molecule has 1 amide bonds. The molecule has 2 aliphatic rings. The van der Waals surface area contributed by atoms with Crippen molar-refractivity contribution in [1.29, 1.82) is 0 Å². The van der Waals surface area contributed by atoms with Crippen LogP contribution in [0.4, 0.5) is 0 Å². The van der Waals surface area contributed by atoms with Crippen LogP contribution in [0.5, 0.6) is 5.75 Å². The van der Waals surface area contributed by atoms with Crippen LogP contribution in [0.2, 0.25) is 0 Å². The minimum atomic E-state index is -0.321. The summed E-state index contributed by atoms with van der Waals surface area (Å²) >= 11 is 0. The average Bonchev–Trinajstić information content (AvgIpc) is 3.27. The molecule has 2 aromatic carbocycles. The number of piperidine rings is 1. The summed E-state index contributed by atoms with van der Waals surface area (Å²) < 4.78 is 11.6. The summed E-state index contributed by atoms with van der Waals surface area (Å²) in [6, 6.07) is 16.0. The van der Waals surface area contributed by atoms with E-state index in [0.29, 0.717) is 24.8 Å². The predicted octanol–water partition coefficient (Wildman–Crippen LogP) is 4.68. The Bertz CT molecular complexity index is 1150. The van der Waals surface area contributed by atoms with E-state index in [9.17, 15) is 4.79 Å². The Kier molecular flexibility index (Phi) is 6.13. The van der Waals surface area contributed by atoms with Crippen molar-refractivity contribution < 1.29 is 14.1 Å². The third kappa shape index (κ3) is 4.99. The van der Waals surface area contributed by atoms with Gasteiger partial charge in [0.2, 0.25) is 17.6 Å². The molecule has 0 radical (unpaired) electrons. The molecule has 3 heterocycles. The number of nitrogens with zero attached hydrogens (tertiary/aromatic N) is 3. The van der Waals surface area contributed by atoms with Crippen LogP contribution in [-0.2, 0) is 11.3 Å². The van der Waals surface area contributed by atoms with Gasteiger partial charge in [0, 0.05) is 24.1 Å². The van der Waals surface area contributed by atoms with Gasteiger partial charge in [0.1, 0.15) is 11.4 Å². The molecule has 1 saturated heterocycles. The Balaban J connectivity index is 1.22. The van der Waals surface area contributed by atoms with Gasteiger partial charge in [0.05, 0.1) is 18.5 Å². The van der Waals surface area contributed by atoms with E-state index in [4.69, 9.17) is 9.26 Å². The molecule has 2 unspecified atom stereocenters. The smallest absolute Gasteiger partial charge is 0.241 e. The van der Waals surface area contributed by atoms with E-state index < -0.39 is 0 Å². The first-order valence-corrected chi connectivity index (χ1v) is 12.1. The van der Waals surface area contributed by atoms with Crippen molar-refractivity contribution in [3.8, 4) is 17.1 Å². The van der Waals surface area contributed by atoms with Crippen molar-refractivity contribution in [1.82, 2.24) is 20.4 Å². The third-order valence-corrected chi connectivity index (χ3v) is 6.71. The number of nitrogens with one attached hydrogen (secondary N) is 1. The maximum absolute atomic E-state index is 13.3. The van der Waals surface area contributed by atoms with Gasteiger partial charge in [-0.05, 0) is 46.2 Å². The van der Waals surface area contributed by atoms with Crippen LogP contribution >= 0.6 is 0 Å². The Hall–Kier alpha value is -3.19. The van der Waals surface area contributed by atoms with Gasteiger partial charge in [-0.25, -0.2) is 0 Å². The zero-order chi connectivity index (χ0) is 23.7. The lowest BCUT2D eigenvalue weighted by Gasteiger charge is -2.39. The predicted molar refractivity (Wildman–Crippen MR) is 129 cm³/mol. The number of carbonyl (C=O) groups excluding carboxylic acids is 1. The number of likely N-dealkylation sites (tertiary alicyclic amines) is 1. The minimum absolute atomic E-state index is 0.0455. The Morgan fingerprint density at radius 3 is 2.79 bits per heavy atom. The molecule has 1 N–H and O–H groups in total. The molecule has 34 heavy (non-hydrogen) atoms. The van der Waals surface area contributed by atoms with Crippen molar-refractivity contribution in [3.63, 3.8) is 0 Å². The largest absolute Gasteiger partial charge is 0.487 e. The molecule has 2 aliphatic heterocycles. The molecule has 5 rings (SSSR count). The number of fused-ring (bicyclic) bond motifs is 1. The molecule has 2 atom stereocenters. The van der Waals surface area contributed by atoms with Crippen LogP contribution in [0, 0.1) is 12.8 Å². The van der Waals surface area contributed by atoms with E-state index in [1.54, 1.807) is 0 Å². The molecule has 0 spiro atoms. The lowest BCUT2D eigenvalue weighted by Crippen LogP contribution is -2.46. The molecule has 0 bridgehead atoms. The standard InChI is InChI=1S/C27H32N4O3/c1-18-10-12-19(13-11-18)25-29-24(34-30-25)17-31-14-6-7-20(16-31)26(32)28-22-15-27(2,3)33-23-9-5-4-8-21(22)23/h4-5,8-13,20,22H,6-7,14-17H2,1-3H3,(H,28,32). The SMILES string of the molecule is Cc1ccc(-c2noc(CN3CCCC(C(=O)NC4CC(C)(C)Oc5ccccc54)C3)n2)cc1. The number of aryl methyl sites for hydroxylation is 1. The first-order chi connectivity index (χ1) is 16.4. The lowest BCUT2D eigenvalue weighted by atomic mass is 9.88. The topological polar surface area (TPSA) is 80.5 Å². The molecule has 1 aromatic heterocycles. The summed E-state index contributed by atoms with van der Waals surface area (Å²) in [5.74, 6) is 2.08. The number of para-hydroxylation sites is 1. The monoisotopic (exact) mass is 460 g/mol. The molecule has 7 heteroatoms. The highest BCUT2D eigenvalue weighted by Crippen LogP contribution is 2.39. The first kappa shape index (κ1) is 22.6. The summed E-state index contributed by atoms with van der Waals surface area (Å²) in [4.78, 5) is 20.1. The summed E-state index contributed by atoms with van der Waals surface area (Å²) in [7, 11) is 0. The van der Waals surface area contributed by atoms with Gasteiger partial charge < -0.3 is 14.6 Å². The van der Waals surface area contributed by atoms with Crippen LogP contribution in [0.3, 0.4) is 0 Å². The van der Waals surface area contributed by atoms with Crippen LogP contribution in [0.15, 0.2) is 53.1 Å². The highest BCUT2D eigenvalue weighted by molar-refractivity contribution is 5.79. The molecule has 178 valence electrons. The van der Waals surface area contributed by atoms with E-state index >= 15 is 0 Å². The molecular formula is C27H32N4O3. The van der Waals surface area contributed by atoms with E-state index in [2.05, 4.69) is 41.1 Å². The van der Waals surface area contributed by atoms with E-state index in [1.807, 2.05) is 48.5 Å². The zero-order valence-electron chi connectivity index (χ0n) is 20.1. The second-order valence-electron chi connectivity index (χ2n) is 10.1. The van der Waals surface area contributed by atoms with Crippen LogP contribution < -0.4 is 10.1 Å². The average molecular weight is 461 g/mol. The van der Waals surface area contributed by atoms with Gasteiger partial charge in [0.25, 0.3) is 0 Å². The number of aromatic nitrogens is 2. The van der Waals surface area contributed by atoms with Crippen LogP contribution in [-0.4, -0.2) is 39.6 Å². The Morgan fingerprint density at radius 1 is 1.18 bits per heavy atom. The molecule has 0 saturated carbocycles. The zero-order valence-corrected chi connectivity index (χ0v) is 20.1. The Morgan fingerprint density at radius 2 is 1.97 bits per heavy atom. The number of hydrogen-bond acceptors (Lipinski definition) is 6. The second-order valence-corrected chi connectivity index (χ2v) is 10.1. The minimum Gasteiger partial charge on any atom is -0.487 e. The molecule has 3 aromatic rings. The maximum atomic E-state index is 13.3. The van der Waals surface area contributed by atoms with E-state index in [-0.39, 0.29) is 23.5 Å². The van der Waals surface area contributed by atoms with E-state index in [0.717, 1.165) is 42.7 Å². The van der Waals surface area contributed by atoms with Crippen molar-refractivity contribution in [3.05, 3.63) is 65.5 Å². The second kappa shape index (κ2) is 9.22. The quantitative estimate of drug-likeness (QED) is 0.596. The van der Waals surface area contributed by atoms with Crippen LogP contribution in [0.25, 0.3) is 11.4 Å². The molecule has 7 nitrogen and oxygen atoms in total. The van der Waals surface area contributed by atoms with Gasteiger partial charge in [-0.15, -0.1) is 0 Å². The normalized spacial score (nSPS) is 22.0. The molecule has 1 fully saturated rings. The van der Waals surface area contributed by atoms with Gasteiger partial charge in [-0.3, -0.25) is 9.69 Å². The fourth-order valence-corrected chi connectivity index (χ4v) is 4.96. The Labute approximate surface area is 200 Å². The van der Waals surface area contributed by atoms with Crippen molar-refractivity contribution in [2.75, 3.05) is 13.1 Å². The summed E-state index contributed by atoms with van der Waals surface area (Å²) in [6.45, 7) is 8.34. The fourth-order valence-electron chi connectivity index (χ4n) is 4.96. The molecule has 0 aliphatic carbocycles. The van der Waals surface area contributed by atoms with Crippen molar-refractivity contribution in [2.45, 2.75) is 58.2 Å². The number of carbonyl (C=O) groups is 1. The van der Waals surface area contributed by atoms with E-state index in [1.165, 1.54) is 5.56 Å². The number of ether oxygens (including phenoxy) is 1. The van der Waals surface area contributed by atoms with Crippen molar-refractivity contribution in [2.24, 2.45) is 5.92 Å². The maximum Gasteiger partial charge on any atom is 0.241 e. The summed E-state index contributed by atoms with van der Waals surface area (Å²) in [5.41, 5.74) is 2.87. The third-order valence-electron chi connectivity index (χ3n) is 6.71. The fraction of sp³-hybridized carbons (Fsp3) is 0.444. The van der Waals surface area contributed by atoms with Gasteiger partial charge in [-0.2, -0.15) is 4.98 Å².